The van der Waals surface area contributed by atoms with Crippen LogP contribution in [0.4, 0.5) is 0 Å². The van der Waals surface area contributed by atoms with Crippen LogP contribution >= 0.6 is 0 Å². The van der Waals surface area contributed by atoms with Gasteiger partial charge in [0.2, 0.25) is 0 Å². The summed E-state index contributed by atoms with van der Waals surface area (Å²) in [6.07, 6.45) is 12.2. The molecule has 0 aromatic heterocycles. The molecule has 3 fully saturated rings. The molecule has 42 heavy (non-hydrogen) atoms. The smallest absolute Gasteiger partial charge is 0.160 e. The Bertz CT molecular complexity index is 1180. The third kappa shape index (κ3) is 6.87. The van der Waals surface area contributed by atoms with Crippen LogP contribution < -0.4 is 10.1 Å². The van der Waals surface area contributed by atoms with Crippen LogP contribution in [0.25, 0.3) is 0 Å². The van der Waals surface area contributed by atoms with Crippen LogP contribution in [0.1, 0.15) is 107 Å². The van der Waals surface area contributed by atoms with Crippen LogP contribution in [0.3, 0.4) is 0 Å². The molecule has 0 amide bonds. The number of carbonyl (C=O) groups is 2. The lowest BCUT2D eigenvalue weighted by molar-refractivity contribution is -0.124. The molecule has 4 N–H and O–H groups in total. The van der Waals surface area contributed by atoms with Crippen molar-refractivity contribution in [3.05, 3.63) is 23.3 Å². The Hall–Kier alpha value is -2.40. The first-order chi connectivity index (χ1) is 20.3. The highest BCUT2D eigenvalue weighted by Crippen LogP contribution is 2.52. The van der Waals surface area contributed by atoms with Crippen molar-refractivity contribution in [1.82, 2.24) is 5.32 Å². The summed E-state index contributed by atoms with van der Waals surface area (Å²) in [7, 11) is 1.51. The number of hydrogen-bond donors (Lipinski definition) is 4. The number of hydrogen-bond acceptors (Lipinski definition) is 7. The summed E-state index contributed by atoms with van der Waals surface area (Å²) in [5, 5.41) is 35.0. The van der Waals surface area contributed by atoms with Gasteiger partial charge in [-0.3, -0.25) is 9.59 Å². The number of nitrogens with one attached hydrogen (secondary N) is 1. The van der Waals surface area contributed by atoms with Crippen molar-refractivity contribution >= 4 is 11.6 Å². The van der Waals surface area contributed by atoms with Gasteiger partial charge < -0.3 is 25.4 Å². The Morgan fingerprint density at radius 2 is 1.93 bits per heavy atom. The van der Waals surface area contributed by atoms with E-state index in [0.717, 1.165) is 43.4 Å². The van der Waals surface area contributed by atoms with E-state index in [2.05, 4.69) is 17.2 Å². The number of fused-ring (bicyclic) bond motifs is 2. The summed E-state index contributed by atoms with van der Waals surface area (Å²) in [6, 6.07) is 3.82. The standard InChI is InChI=1S/C35H49NO6/c1-42-34-19-24-10-13-32(40)28(12-9-23(6-5-17-37)29(24)21-33(34)41)31(39)7-4-16-35(14-2-3-15-35)26-18-25-8-11-27(38)20-30(25)36-22-26/h19,21,23,25-26,28,30-31,36-37,39,41H,2-8,10-11,13-18,20,22H2,1H3/t23-,25-,26+,28-,30-,31-/m1/s1. The molecule has 0 spiro atoms. The minimum absolute atomic E-state index is 0.0377. The zero-order chi connectivity index (χ0) is 29.7. The number of phenolic OH excluding ortho intramolecular Hbond substituents is 1. The first-order valence-corrected chi connectivity index (χ1v) is 16.3. The second-order valence-corrected chi connectivity index (χ2v) is 13.4. The predicted octanol–water partition coefficient (Wildman–Crippen LogP) is 4.83. The van der Waals surface area contributed by atoms with Crippen molar-refractivity contribution in [2.45, 2.75) is 114 Å². The molecule has 0 unspecified atom stereocenters. The number of rotatable bonds is 10. The molecule has 230 valence electrons. The molecule has 3 aliphatic carbocycles. The molecule has 1 saturated heterocycles. The largest absolute Gasteiger partial charge is 0.504 e. The first-order valence-electron chi connectivity index (χ1n) is 16.3. The van der Waals surface area contributed by atoms with E-state index in [1.165, 1.54) is 39.2 Å². The molecule has 2 saturated carbocycles. The number of methoxy groups -OCH3 is 1. The molecule has 4 aliphatic rings. The molecule has 1 aromatic carbocycles. The van der Waals surface area contributed by atoms with Crippen LogP contribution in [0, 0.1) is 35.0 Å². The molecule has 1 heterocycles. The van der Waals surface area contributed by atoms with Crippen molar-refractivity contribution in [3.63, 3.8) is 0 Å². The van der Waals surface area contributed by atoms with Crippen LogP contribution in [0.2, 0.25) is 0 Å². The molecule has 0 radical (unpaired) electrons. The minimum Gasteiger partial charge on any atom is -0.504 e. The van der Waals surface area contributed by atoms with Crippen molar-refractivity contribution in [1.29, 1.82) is 0 Å². The average molecular weight is 580 g/mol. The topological polar surface area (TPSA) is 116 Å². The summed E-state index contributed by atoms with van der Waals surface area (Å²) >= 11 is 0. The number of Topliss-reactive ketones (excluding diaryl/α,β-unsaturated/α-hetero) is 2. The number of carbonyl (C=O) groups excluding carboxylic acids is 2. The van der Waals surface area contributed by atoms with E-state index in [-0.39, 0.29) is 35.9 Å². The Kier molecular flexibility index (Phi) is 10.3. The molecule has 0 bridgehead atoms. The molecule has 1 aliphatic heterocycles. The third-order valence-electron chi connectivity index (χ3n) is 10.9. The quantitative estimate of drug-likeness (QED) is 0.294. The fourth-order valence-electron chi connectivity index (χ4n) is 8.49. The van der Waals surface area contributed by atoms with E-state index in [9.17, 15) is 24.9 Å². The number of benzene rings is 1. The average Bonchev–Trinajstić information content (AvgIpc) is 3.49. The Morgan fingerprint density at radius 1 is 1.12 bits per heavy atom. The number of aliphatic hydroxyl groups is 2. The highest BCUT2D eigenvalue weighted by molar-refractivity contribution is 5.85. The lowest BCUT2D eigenvalue weighted by atomic mass is 9.63. The maximum atomic E-state index is 13.4. The van der Waals surface area contributed by atoms with E-state index in [4.69, 9.17) is 4.74 Å². The van der Waals surface area contributed by atoms with Crippen molar-refractivity contribution < 1.29 is 29.6 Å². The lowest BCUT2D eigenvalue weighted by Gasteiger charge is -2.47. The maximum Gasteiger partial charge on any atom is 0.160 e. The Balaban J connectivity index is 1.25. The van der Waals surface area contributed by atoms with Gasteiger partial charge in [-0.2, -0.15) is 0 Å². The number of ketones is 2. The Labute approximate surface area is 250 Å². The van der Waals surface area contributed by atoms with Crippen LogP contribution in [-0.2, 0) is 16.0 Å². The van der Waals surface area contributed by atoms with E-state index >= 15 is 0 Å². The maximum absolute atomic E-state index is 13.4. The fourth-order valence-corrected chi connectivity index (χ4v) is 8.49. The van der Waals surface area contributed by atoms with Crippen LogP contribution in [0.15, 0.2) is 12.1 Å². The van der Waals surface area contributed by atoms with E-state index < -0.39 is 12.0 Å². The summed E-state index contributed by atoms with van der Waals surface area (Å²) in [5.74, 6) is 7.43. The molecule has 6 atom stereocenters. The number of phenols is 1. The number of aliphatic hydroxyl groups excluding tert-OH is 2. The molecule has 7 nitrogen and oxygen atoms in total. The lowest BCUT2D eigenvalue weighted by Crippen LogP contribution is -2.52. The van der Waals surface area contributed by atoms with Crippen LogP contribution in [-0.4, -0.2) is 59.3 Å². The normalized spacial score (nSPS) is 29.7. The third-order valence-corrected chi connectivity index (χ3v) is 10.9. The molecule has 7 heteroatoms. The van der Waals surface area contributed by atoms with Gasteiger partial charge in [0.25, 0.3) is 0 Å². The van der Waals surface area contributed by atoms with Gasteiger partial charge in [0.1, 0.15) is 11.7 Å². The summed E-state index contributed by atoms with van der Waals surface area (Å²) in [6.45, 7) is 1.03. The predicted molar refractivity (Wildman–Crippen MR) is 161 cm³/mol. The summed E-state index contributed by atoms with van der Waals surface area (Å²) in [4.78, 5) is 25.4. The fraction of sp³-hybridized carbons (Fsp3) is 0.714. The monoisotopic (exact) mass is 579 g/mol. The van der Waals surface area contributed by atoms with Gasteiger partial charge in [0.15, 0.2) is 17.3 Å². The number of aryl methyl sites for hydroxylation is 1. The molecular weight excluding hydrogens is 530 g/mol. The van der Waals surface area contributed by atoms with Crippen molar-refractivity contribution in [3.8, 4) is 23.3 Å². The zero-order valence-corrected chi connectivity index (χ0v) is 25.2. The van der Waals surface area contributed by atoms with Crippen LogP contribution in [0.5, 0.6) is 11.5 Å². The van der Waals surface area contributed by atoms with E-state index in [1.807, 2.05) is 0 Å². The van der Waals surface area contributed by atoms with Crippen molar-refractivity contribution in [2.75, 3.05) is 20.3 Å². The van der Waals surface area contributed by atoms with Gasteiger partial charge in [-0.1, -0.05) is 31.1 Å². The first kappa shape index (κ1) is 31.0. The summed E-state index contributed by atoms with van der Waals surface area (Å²) < 4.78 is 5.32. The minimum atomic E-state index is -0.815. The van der Waals surface area contributed by atoms with Crippen molar-refractivity contribution in [2.24, 2.45) is 23.2 Å². The van der Waals surface area contributed by atoms with E-state index in [1.54, 1.807) is 12.1 Å². The second-order valence-electron chi connectivity index (χ2n) is 13.4. The molecule has 5 rings (SSSR count). The summed E-state index contributed by atoms with van der Waals surface area (Å²) in [5.41, 5.74) is 2.07. The van der Waals surface area contributed by atoms with Gasteiger partial charge in [-0.25, -0.2) is 0 Å². The molecular formula is C35H49NO6. The van der Waals surface area contributed by atoms with Gasteiger partial charge in [0.05, 0.1) is 13.2 Å². The highest BCUT2D eigenvalue weighted by Gasteiger charge is 2.45. The molecule has 1 aromatic rings. The Morgan fingerprint density at radius 3 is 2.69 bits per heavy atom. The SMILES string of the molecule is COc1cc2c(cc1O)[C@H](CCCO)C#C[C@H]([C@H](O)CCCC1([C@@H]3CN[C@@H]4CC(=O)CC[C@@H]4C3)CCCC1)C(=O)CC2. The van der Waals surface area contributed by atoms with Gasteiger partial charge >= 0.3 is 0 Å². The van der Waals surface area contributed by atoms with Gasteiger partial charge in [-0.15, -0.1) is 0 Å². The van der Waals surface area contributed by atoms with Gasteiger partial charge in [0, 0.05) is 37.8 Å². The number of aromatic hydroxyl groups is 1. The van der Waals surface area contributed by atoms with E-state index in [0.29, 0.717) is 61.5 Å². The number of piperidine rings is 1. The number of ether oxygens (including phenoxy) is 1. The zero-order valence-electron chi connectivity index (χ0n) is 25.2. The highest BCUT2D eigenvalue weighted by atomic mass is 16.5. The second kappa shape index (κ2) is 13.9. The van der Waals surface area contributed by atoms with Gasteiger partial charge in [-0.05, 0) is 105 Å².